The molecule has 4 heteroatoms. The van der Waals surface area contributed by atoms with Crippen LogP contribution in [-0.4, -0.2) is 12.0 Å². The van der Waals surface area contributed by atoms with E-state index >= 15 is 0 Å². The number of aromatic nitrogens is 1. The van der Waals surface area contributed by atoms with Crippen LogP contribution in [0.3, 0.4) is 0 Å². The van der Waals surface area contributed by atoms with Crippen molar-refractivity contribution in [1.29, 1.82) is 0 Å². The van der Waals surface area contributed by atoms with E-state index in [1.807, 2.05) is 60.5 Å². The molecule has 0 aliphatic heterocycles. The van der Waals surface area contributed by atoms with Gasteiger partial charge in [-0.1, -0.05) is 24.3 Å². The monoisotopic (exact) mass is 253 g/mol. The first-order valence-electron chi connectivity index (χ1n) is 6.16. The highest BCUT2D eigenvalue weighted by Crippen LogP contribution is 2.27. The standard InChI is InChI=1S/C15H15N3O/c1-18(12-6-4-5-11(9-12)10-16)15-17-13-7-2-3-8-14(13)19-15/h2-9H,10,16H2,1H3. The van der Waals surface area contributed by atoms with Gasteiger partial charge in [0.15, 0.2) is 5.58 Å². The molecule has 0 saturated carbocycles. The molecule has 3 aromatic rings. The Bertz CT molecular complexity index is 672. The number of anilines is 2. The van der Waals surface area contributed by atoms with Gasteiger partial charge in [0, 0.05) is 19.3 Å². The topological polar surface area (TPSA) is 55.3 Å². The van der Waals surface area contributed by atoms with Gasteiger partial charge in [0.2, 0.25) is 0 Å². The molecule has 3 rings (SSSR count). The summed E-state index contributed by atoms with van der Waals surface area (Å²) in [7, 11) is 1.93. The average Bonchev–Trinajstić information content (AvgIpc) is 2.90. The molecule has 2 N–H and O–H groups in total. The maximum absolute atomic E-state index is 5.74. The zero-order chi connectivity index (χ0) is 13.2. The number of rotatable bonds is 3. The van der Waals surface area contributed by atoms with Crippen LogP contribution in [0.4, 0.5) is 11.7 Å². The van der Waals surface area contributed by atoms with Crippen molar-refractivity contribution in [1.82, 2.24) is 4.98 Å². The summed E-state index contributed by atoms with van der Waals surface area (Å²) in [5.41, 5.74) is 9.41. The van der Waals surface area contributed by atoms with E-state index in [0.717, 1.165) is 22.4 Å². The Morgan fingerprint density at radius 2 is 2.00 bits per heavy atom. The van der Waals surface area contributed by atoms with Crippen molar-refractivity contribution in [2.24, 2.45) is 5.73 Å². The SMILES string of the molecule is CN(c1cccc(CN)c1)c1nc2ccccc2o1. The maximum atomic E-state index is 5.74. The van der Waals surface area contributed by atoms with E-state index in [1.165, 1.54) is 0 Å². The highest BCUT2D eigenvalue weighted by molar-refractivity contribution is 5.75. The summed E-state index contributed by atoms with van der Waals surface area (Å²) >= 11 is 0. The molecule has 0 radical (unpaired) electrons. The summed E-state index contributed by atoms with van der Waals surface area (Å²) in [6.07, 6.45) is 0. The van der Waals surface area contributed by atoms with Crippen molar-refractivity contribution in [2.75, 3.05) is 11.9 Å². The predicted molar refractivity (Wildman–Crippen MR) is 76.4 cm³/mol. The van der Waals surface area contributed by atoms with Crippen LogP contribution in [0.5, 0.6) is 0 Å². The molecule has 1 heterocycles. The van der Waals surface area contributed by atoms with Crippen LogP contribution in [0, 0.1) is 0 Å². The van der Waals surface area contributed by atoms with E-state index < -0.39 is 0 Å². The Morgan fingerprint density at radius 1 is 1.16 bits per heavy atom. The van der Waals surface area contributed by atoms with Gasteiger partial charge in [0.1, 0.15) is 5.52 Å². The summed E-state index contributed by atoms with van der Waals surface area (Å²) in [5.74, 6) is 0. The van der Waals surface area contributed by atoms with E-state index in [2.05, 4.69) is 4.98 Å². The molecule has 0 saturated heterocycles. The lowest BCUT2D eigenvalue weighted by atomic mass is 10.2. The first-order valence-corrected chi connectivity index (χ1v) is 6.16. The van der Waals surface area contributed by atoms with Gasteiger partial charge >= 0.3 is 6.01 Å². The summed E-state index contributed by atoms with van der Waals surface area (Å²) in [4.78, 5) is 6.39. The van der Waals surface area contributed by atoms with Crippen molar-refractivity contribution in [3.8, 4) is 0 Å². The third kappa shape index (κ3) is 2.18. The number of hydrogen-bond acceptors (Lipinski definition) is 4. The van der Waals surface area contributed by atoms with Gasteiger partial charge in [-0.15, -0.1) is 0 Å². The zero-order valence-corrected chi connectivity index (χ0v) is 10.7. The van der Waals surface area contributed by atoms with Crippen LogP contribution < -0.4 is 10.6 Å². The smallest absolute Gasteiger partial charge is 0.302 e. The molecule has 0 bridgehead atoms. The zero-order valence-electron chi connectivity index (χ0n) is 10.7. The van der Waals surface area contributed by atoms with Gasteiger partial charge < -0.3 is 10.2 Å². The highest BCUT2D eigenvalue weighted by Gasteiger charge is 2.11. The van der Waals surface area contributed by atoms with Crippen LogP contribution >= 0.6 is 0 Å². The molecular formula is C15H15N3O. The van der Waals surface area contributed by atoms with Gasteiger partial charge in [0.25, 0.3) is 0 Å². The van der Waals surface area contributed by atoms with E-state index in [-0.39, 0.29) is 0 Å². The summed E-state index contributed by atoms with van der Waals surface area (Å²) in [6, 6.07) is 16.3. The minimum absolute atomic E-state index is 0.523. The van der Waals surface area contributed by atoms with E-state index in [0.29, 0.717) is 12.6 Å². The molecule has 0 aliphatic carbocycles. The molecule has 19 heavy (non-hydrogen) atoms. The Balaban J connectivity index is 2.00. The third-order valence-electron chi connectivity index (χ3n) is 3.10. The molecule has 0 spiro atoms. The fourth-order valence-corrected chi connectivity index (χ4v) is 2.01. The second-order valence-corrected chi connectivity index (χ2v) is 4.40. The van der Waals surface area contributed by atoms with E-state index in [1.54, 1.807) is 0 Å². The number of nitrogens with two attached hydrogens (primary N) is 1. The number of fused-ring (bicyclic) bond motifs is 1. The Labute approximate surface area is 111 Å². The van der Waals surface area contributed by atoms with Crippen molar-refractivity contribution in [3.05, 3.63) is 54.1 Å². The van der Waals surface area contributed by atoms with Crippen LogP contribution in [0.25, 0.3) is 11.1 Å². The van der Waals surface area contributed by atoms with E-state index in [4.69, 9.17) is 10.2 Å². The number of para-hydroxylation sites is 2. The minimum atomic E-state index is 0.523. The number of oxazole rings is 1. The predicted octanol–water partition coefficient (Wildman–Crippen LogP) is 3.05. The molecule has 96 valence electrons. The van der Waals surface area contributed by atoms with Gasteiger partial charge in [0.05, 0.1) is 0 Å². The van der Waals surface area contributed by atoms with Gasteiger partial charge in [-0.3, -0.25) is 4.90 Å². The molecular weight excluding hydrogens is 238 g/mol. The molecule has 1 aromatic heterocycles. The fraction of sp³-hybridized carbons (Fsp3) is 0.133. The quantitative estimate of drug-likeness (QED) is 0.779. The summed E-state index contributed by atoms with van der Waals surface area (Å²) < 4.78 is 5.74. The maximum Gasteiger partial charge on any atom is 0.302 e. The second kappa shape index (κ2) is 4.74. The van der Waals surface area contributed by atoms with Crippen LogP contribution in [0.15, 0.2) is 52.9 Å². The lowest BCUT2D eigenvalue weighted by Crippen LogP contribution is -2.10. The average molecular weight is 253 g/mol. The molecule has 0 aliphatic rings. The van der Waals surface area contributed by atoms with Crippen molar-refractivity contribution < 1.29 is 4.42 Å². The fourth-order valence-electron chi connectivity index (χ4n) is 2.01. The lowest BCUT2D eigenvalue weighted by Gasteiger charge is -2.15. The Hall–Kier alpha value is -2.33. The molecule has 4 nitrogen and oxygen atoms in total. The van der Waals surface area contributed by atoms with E-state index in [9.17, 15) is 0 Å². The minimum Gasteiger partial charge on any atom is -0.423 e. The van der Waals surface area contributed by atoms with Crippen molar-refractivity contribution >= 4 is 22.8 Å². The normalized spacial score (nSPS) is 10.8. The lowest BCUT2D eigenvalue weighted by molar-refractivity contribution is 0.603. The molecule has 0 atom stereocenters. The molecule has 0 unspecified atom stereocenters. The van der Waals surface area contributed by atoms with Crippen LogP contribution in [-0.2, 0) is 6.54 Å². The number of benzene rings is 2. The van der Waals surface area contributed by atoms with Crippen molar-refractivity contribution in [3.63, 3.8) is 0 Å². The second-order valence-electron chi connectivity index (χ2n) is 4.40. The first kappa shape index (κ1) is 11.7. The number of hydrogen-bond donors (Lipinski definition) is 1. The Morgan fingerprint density at radius 3 is 2.79 bits per heavy atom. The van der Waals surface area contributed by atoms with Gasteiger partial charge in [-0.2, -0.15) is 4.98 Å². The highest BCUT2D eigenvalue weighted by atomic mass is 16.4. The van der Waals surface area contributed by atoms with Crippen molar-refractivity contribution in [2.45, 2.75) is 6.54 Å². The molecule has 2 aromatic carbocycles. The third-order valence-corrected chi connectivity index (χ3v) is 3.10. The number of nitrogens with zero attached hydrogens (tertiary/aromatic N) is 2. The van der Waals surface area contributed by atoms with Crippen LogP contribution in [0.1, 0.15) is 5.56 Å². The summed E-state index contributed by atoms with van der Waals surface area (Å²) in [5, 5.41) is 0. The Kier molecular flexibility index (Phi) is 2.93. The molecule has 0 amide bonds. The summed E-state index contributed by atoms with van der Waals surface area (Å²) in [6.45, 7) is 0.523. The molecule has 0 fully saturated rings. The van der Waals surface area contributed by atoms with Crippen LogP contribution in [0.2, 0.25) is 0 Å². The first-order chi connectivity index (χ1) is 9.28. The van der Waals surface area contributed by atoms with Gasteiger partial charge in [-0.05, 0) is 29.8 Å². The largest absolute Gasteiger partial charge is 0.423 e. The van der Waals surface area contributed by atoms with Gasteiger partial charge in [-0.25, -0.2) is 0 Å².